The van der Waals surface area contributed by atoms with Gasteiger partial charge in [0, 0.05) is 0 Å². The summed E-state index contributed by atoms with van der Waals surface area (Å²) in [6.07, 6.45) is 2.26. The predicted octanol–water partition coefficient (Wildman–Crippen LogP) is 0.439. The maximum atomic E-state index is 12.2. The van der Waals surface area contributed by atoms with E-state index < -0.39 is 24.0 Å². The highest BCUT2D eigenvalue weighted by Gasteiger charge is 2.24. The van der Waals surface area contributed by atoms with Crippen LogP contribution in [0.3, 0.4) is 0 Å². The largest absolute Gasteiger partial charge is 0.508 e. The van der Waals surface area contributed by atoms with Gasteiger partial charge in [-0.1, -0.05) is 12.1 Å². The van der Waals surface area contributed by atoms with Crippen LogP contribution in [0.2, 0.25) is 0 Å². The Morgan fingerprint density at radius 1 is 1.25 bits per heavy atom. The summed E-state index contributed by atoms with van der Waals surface area (Å²) in [4.78, 5) is 24.2. The van der Waals surface area contributed by atoms with Crippen molar-refractivity contribution in [2.45, 2.75) is 44.7 Å². The van der Waals surface area contributed by atoms with Crippen molar-refractivity contribution in [2.24, 2.45) is 11.5 Å². The van der Waals surface area contributed by atoms with Gasteiger partial charge in [-0.05, 0) is 56.8 Å². The normalized spacial score (nSPS) is 13.1. The number of carbonyl (C=O) groups excluding carboxylic acids is 2. The van der Waals surface area contributed by atoms with Gasteiger partial charge in [0.25, 0.3) is 0 Å². The molecule has 7 heteroatoms. The highest BCUT2D eigenvalue weighted by Crippen LogP contribution is 2.11. The van der Waals surface area contributed by atoms with Crippen molar-refractivity contribution in [1.82, 2.24) is 5.32 Å². The number of hydrogen-bond acceptors (Lipinski definition) is 6. The van der Waals surface area contributed by atoms with E-state index in [9.17, 15) is 14.7 Å². The van der Waals surface area contributed by atoms with Gasteiger partial charge in [-0.2, -0.15) is 0 Å². The van der Waals surface area contributed by atoms with Crippen molar-refractivity contribution in [3.63, 3.8) is 0 Å². The number of esters is 1. The van der Waals surface area contributed by atoms with Gasteiger partial charge in [-0.25, -0.2) is 4.79 Å². The van der Waals surface area contributed by atoms with Gasteiger partial charge >= 0.3 is 5.97 Å². The van der Waals surface area contributed by atoms with Gasteiger partial charge in [0.15, 0.2) is 0 Å². The van der Waals surface area contributed by atoms with Gasteiger partial charge < -0.3 is 26.6 Å². The summed E-state index contributed by atoms with van der Waals surface area (Å²) in [5.41, 5.74) is 12.2. The fraction of sp³-hybridized carbons (Fsp3) is 0.529. The molecule has 1 rings (SSSR count). The third-order valence-corrected chi connectivity index (χ3v) is 3.56. The topological polar surface area (TPSA) is 128 Å². The second-order valence-corrected chi connectivity index (χ2v) is 5.57. The molecule has 0 aliphatic rings. The summed E-state index contributed by atoms with van der Waals surface area (Å²) in [6.45, 7) is 2.50. The molecule has 0 aliphatic heterocycles. The Balaban J connectivity index is 2.60. The zero-order valence-corrected chi connectivity index (χ0v) is 14.0. The van der Waals surface area contributed by atoms with Gasteiger partial charge in [0.1, 0.15) is 11.8 Å². The molecule has 0 saturated heterocycles. The number of amides is 1. The Bertz CT molecular complexity index is 519. The fourth-order valence-electron chi connectivity index (χ4n) is 2.24. The van der Waals surface area contributed by atoms with Crippen LogP contribution in [0.1, 0.15) is 31.7 Å². The minimum absolute atomic E-state index is 0.152. The monoisotopic (exact) mass is 337 g/mol. The van der Waals surface area contributed by atoms with Crippen LogP contribution >= 0.6 is 0 Å². The van der Waals surface area contributed by atoms with Crippen LogP contribution in [0.25, 0.3) is 0 Å². The molecule has 1 aromatic rings. The van der Waals surface area contributed by atoms with Crippen LogP contribution in [-0.2, 0) is 20.7 Å². The molecule has 0 unspecified atom stereocenters. The summed E-state index contributed by atoms with van der Waals surface area (Å²) in [7, 11) is 0. The molecule has 7 nitrogen and oxygen atoms in total. The van der Waals surface area contributed by atoms with E-state index >= 15 is 0 Å². The zero-order valence-electron chi connectivity index (χ0n) is 14.0. The molecule has 0 radical (unpaired) electrons. The Labute approximate surface area is 142 Å². The number of aromatic hydroxyl groups is 1. The maximum Gasteiger partial charge on any atom is 0.328 e. The van der Waals surface area contributed by atoms with Crippen molar-refractivity contribution < 1.29 is 19.4 Å². The first-order valence-corrected chi connectivity index (χ1v) is 8.18. The number of phenolic OH excluding ortho intramolecular Hbond substituents is 1. The predicted molar refractivity (Wildman–Crippen MR) is 91.3 cm³/mol. The molecule has 0 bridgehead atoms. The van der Waals surface area contributed by atoms with E-state index in [-0.39, 0.29) is 12.4 Å². The number of nitrogens with one attached hydrogen (secondary N) is 1. The van der Waals surface area contributed by atoms with E-state index in [0.29, 0.717) is 25.8 Å². The Kier molecular flexibility index (Phi) is 8.81. The maximum absolute atomic E-state index is 12.2. The molecule has 24 heavy (non-hydrogen) atoms. The lowest BCUT2D eigenvalue weighted by Crippen LogP contribution is -2.49. The number of rotatable bonds is 10. The minimum atomic E-state index is -0.791. The summed E-state index contributed by atoms with van der Waals surface area (Å²) < 4.78 is 4.99. The Morgan fingerprint density at radius 3 is 2.50 bits per heavy atom. The molecule has 1 aromatic carbocycles. The van der Waals surface area contributed by atoms with E-state index in [4.69, 9.17) is 16.2 Å². The van der Waals surface area contributed by atoms with Crippen LogP contribution in [-0.4, -0.2) is 42.2 Å². The van der Waals surface area contributed by atoms with E-state index in [1.807, 2.05) is 0 Å². The minimum Gasteiger partial charge on any atom is -0.508 e. The van der Waals surface area contributed by atoms with Crippen LogP contribution in [0.15, 0.2) is 24.3 Å². The summed E-state index contributed by atoms with van der Waals surface area (Å²) in [5, 5.41) is 11.9. The first-order chi connectivity index (χ1) is 11.5. The molecule has 0 aromatic heterocycles. The number of benzene rings is 1. The number of carbonyl (C=O) groups is 2. The molecule has 6 N–H and O–H groups in total. The molecular formula is C17H27N3O4. The number of unbranched alkanes of at least 4 members (excludes halogenated alkanes) is 1. The summed E-state index contributed by atoms with van der Waals surface area (Å²) in [6, 6.07) is 4.97. The van der Waals surface area contributed by atoms with E-state index in [2.05, 4.69) is 5.32 Å². The fourth-order valence-corrected chi connectivity index (χ4v) is 2.24. The second-order valence-electron chi connectivity index (χ2n) is 5.57. The molecule has 0 spiro atoms. The smallest absolute Gasteiger partial charge is 0.328 e. The molecular weight excluding hydrogens is 310 g/mol. The van der Waals surface area contributed by atoms with E-state index in [0.717, 1.165) is 12.0 Å². The lowest BCUT2D eigenvalue weighted by Gasteiger charge is -2.20. The van der Waals surface area contributed by atoms with Crippen LogP contribution < -0.4 is 16.8 Å². The number of hydrogen-bond donors (Lipinski definition) is 4. The number of ether oxygens (including phenoxy) is 1. The van der Waals surface area contributed by atoms with Crippen molar-refractivity contribution in [1.29, 1.82) is 0 Å². The second kappa shape index (κ2) is 10.6. The molecule has 0 aliphatic carbocycles. The SMILES string of the molecule is CCOC(=O)[C@H](CCCCN)NC(=O)[C@@H](N)Cc1ccc(O)cc1. The molecule has 1 amide bonds. The Morgan fingerprint density at radius 2 is 1.92 bits per heavy atom. The standard InChI is InChI=1S/C17H27N3O4/c1-2-24-17(23)15(5-3-4-10-18)20-16(22)14(19)11-12-6-8-13(21)9-7-12/h6-9,14-15,21H,2-5,10-11,18-19H2,1H3,(H,20,22)/t14-,15-/m0/s1. The molecule has 134 valence electrons. The number of nitrogens with two attached hydrogens (primary N) is 2. The van der Waals surface area contributed by atoms with Crippen molar-refractivity contribution in [2.75, 3.05) is 13.2 Å². The summed E-state index contributed by atoms with van der Waals surface area (Å²) >= 11 is 0. The average Bonchev–Trinajstić information content (AvgIpc) is 2.56. The molecule has 0 heterocycles. The van der Waals surface area contributed by atoms with E-state index in [1.54, 1.807) is 19.1 Å². The first-order valence-electron chi connectivity index (χ1n) is 8.18. The van der Waals surface area contributed by atoms with Crippen molar-refractivity contribution >= 4 is 11.9 Å². The van der Waals surface area contributed by atoms with Crippen LogP contribution in [0, 0.1) is 0 Å². The van der Waals surface area contributed by atoms with Gasteiger partial charge in [0.05, 0.1) is 12.6 Å². The highest BCUT2D eigenvalue weighted by atomic mass is 16.5. The Hall–Kier alpha value is -2.12. The van der Waals surface area contributed by atoms with Crippen LogP contribution in [0.4, 0.5) is 0 Å². The number of phenols is 1. The third kappa shape index (κ3) is 6.97. The van der Waals surface area contributed by atoms with Gasteiger partial charge in [0.2, 0.25) is 5.91 Å². The molecule has 0 fully saturated rings. The van der Waals surface area contributed by atoms with Gasteiger partial charge in [-0.15, -0.1) is 0 Å². The lowest BCUT2D eigenvalue weighted by molar-refractivity contribution is -0.147. The first kappa shape index (κ1) is 19.9. The van der Waals surface area contributed by atoms with Crippen molar-refractivity contribution in [3.8, 4) is 5.75 Å². The van der Waals surface area contributed by atoms with Crippen molar-refractivity contribution in [3.05, 3.63) is 29.8 Å². The van der Waals surface area contributed by atoms with Crippen LogP contribution in [0.5, 0.6) is 5.75 Å². The average molecular weight is 337 g/mol. The molecule has 0 saturated carbocycles. The summed E-state index contributed by atoms with van der Waals surface area (Å²) in [5.74, 6) is -0.715. The van der Waals surface area contributed by atoms with E-state index in [1.165, 1.54) is 12.1 Å². The molecule has 2 atom stereocenters. The highest BCUT2D eigenvalue weighted by molar-refractivity contribution is 5.87. The third-order valence-electron chi connectivity index (χ3n) is 3.56. The van der Waals surface area contributed by atoms with Gasteiger partial charge in [-0.3, -0.25) is 4.79 Å². The lowest BCUT2D eigenvalue weighted by atomic mass is 10.0. The quantitative estimate of drug-likeness (QED) is 0.362. The zero-order chi connectivity index (χ0) is 17.9.